The maximum Gasteiger partial charge on any atom is 0.181 e. The van der Waals surface area contributed by atoms with Crippen molar-refractivity contribution >= 4 is 71.7 Å². The maximum absolute atomic E-state index is 6.83. The predicted octanol–water partition coefficient (Wildman–Crippen LogP) is 12.4. The summed E-state index contributed by atoms with van der Waals surface area (Å²) in [6, 6.07) is 59.9. The summed E-state index contributed by atoms with van der Waals surface area (Å²) < 4.78 is 9.17. The largest absolute Gasteiger partial charge is 0.451 e. The first-order valence-corrected chi connectivity index (χ1v) is 16.5. The van der Waals surface area contributed by atoms with Gasteiger partial charge in [0.2, 0.25) is 0 Å². The topological polar surface area (TPSA) is 34.2 Å². The van der Waals surface area contributed by atoms with E-state index >= 15 is 0 Å². The van der Waals surface area contributed by atoms with E-state index in [4.69, 9.17) is 9.40 Å². The average molecular weight is 628 g/mol. The number of fused-ring (bicyclic) bond motifs is 8. The van der Waals surface area contributed by atoms with Crippen molar-refractivity contribution in [2.75, 3.05) is 4.90 Å². The van der Waals surface area contributed by atoms with E-state index in [-0.39, 0.29) is 0 Å². The van der Waals surface area contributed by atoms with Crippen LogP contribution in [0.2, 0.25) is 0 Å². The lowest BCUT2D eigenvalue weighted by molar-refractivity contribution is 0.671. The molecule has 0 atom stereocenters. The minimum atomic E-state index is 0.747. The van der Waals surface area contributed by atoms with E-state index in [1.54, 1.807) is 0 Å². The van der Waals surface area contributed by atoms with Crippen molar-refractivity contribution in [1.29, 1.82) is 0 Å². The fourth-order valence-corrected chi connectivity index (χ4v) is 7.36. The molecule has 0 aliphatic heterocycles. The highest BCUT2D eigenvalue weighted by Gasteiger charge is 2.23. The van der Waals surface area contributed by atoms with Crippen LogP contribution in [0.15, 0.2) is 180 Å². The SMILES string of the molecule is c1ccc(-c2ccc(N(c3ccc4c(c3)c3ccccc3n4-c3ccccc3)c3nccc4c3oc3c5ccccc5ccc43)cc2)cc1. The summed E-state index contributed by atoms with van der Waals surface area (Å²) in [4.78, 5) is 7.27. The van der Waals surface area contributed by atoms with Gasteiger partial charge in [-0.15, -0.1) is 0 Å². The first-order chi connectivity index (χ1) is 24.3. The summed E-state index contributed by atoms with van der Waals surface area (Å²) in [5, 5.41) is 6.74. The van der Waals surface area contributed by atoms with Crippen LogP contribution in [0.3, 0.4) is 0 Å². The number of aromatic nitrogens is 2. The van der Waals surface area contributed by atoms with Crippen LogP contribution in [0, 0.1) is 0 Å². The number of rotatable bonds is 5. The monoisotopic (exact) mass is 627 g/mol. The summed E-state index contributed by atoms with van der Waals surface area (Å²) in [6.07, 6.45) is 1.90. The Morgan fingerprint density at radius 2 is 1.10 bits per heavy atom. The van der Waals surface area contributed by atoms with Gasteiger partial charge in [-0.05, 0) is 77.2 Å². The van der Waals surface area contributed by atoms with Gasteiger partial charge in [0.25, 0.3) is 0 Å². The van der Waals surface area contributed by atoms with Crippen molar-refractivity contribution < 1.29 is 4.42 Å². The molecule has 0 amide bonds. The average Bonchev–Trinajstić information content (AvgIpc) is 3.73. The first-order valence-electron chi connectivity index (χ1n) is 16.5. The smallest absolute Gasteiger partial charge is 0.181 e. The van der Waals surface area contributed by atoms with Gasteiger partial charge in [-0.3, -0.25) is 4.90 Å². The van der Waals surface area contributed by atoms with Crippen molar-refractivity contribution in [2.45, 2.75) is 0 Å². The zero-order valence-corrected chi connectivity index (χ0v) is 26.5. The lowest BCUT2D eigenvalue weighted by atomic mass is 10.0. The standard InChI is InChI=1S/C45H29N3O/c1-3-11-30(12-4-1)31-19-22-34(23-20-31)47(45-44-39(27-28-46-45)38-25-21-32-13-7-8-16-36(32)43(38)49-44)35-24-26-42-40(29-35)37-17-9-10-18-41(37)48(42)33-14-5-2-6-15-33/h1-29H. The van der Waals surface area contributed by atoms with E-state index < -0.39 is 0 Å². The Morgan fingerprint density at radius 3 is 1.94 bits per heavy atom. The number of furan rings is 1. The van der Waals surface area contributed by atoms with Gasteiger partial charge in [-0.25, -0.2) is 4.98 Å². The molecule has 0 aliphatic carbocycles. The zero-order chi connectivity index (χ0) is 32.3. The Hall–Kier alpha value is -6.65. The molecule has 0 radical (unpaired) electrons. The van der Waals surface area contributed by atoms with Gasteiger partial charge in [-0.2, -0.15) is 0 Å². The third-order valence-electron chi connectivity index (χ3n) is 9.63. The van der Waals surface area contributed by atoms with Gasteiger partial charge in [-0.1, -0.05) is 109 Å². The van der Waals surface area contributed by atoms with Crippen LogP contribution in [0.25, 0.3) is 71.3 Å². The number of para-hydroxylation sites is 2. The van der Waals surface area contributed by atoms with E-state index in [1.807, 2.05) is 12.3 Å². The number of hydrogen-bond donors (Lipinski definition) is 0. The molecule has 3 aromatic heterocycles. The molecule has 0 saturated carbocycles. The van der Waals surface area contributed by atoms with Crippen LogP contribution in [-0.4, -0.2) is 9.55 Å². The molecule has 10 rings (SSSR count). The quantitative estimate of drug-likeness (QED) is 0.190. The minimum Gasteiger partial charge on any atom is -0.451 e. The normalized spacial score (nSPS) is 11.7. The molecule has 7 aromatic carbocycles. The lowest BCUT2D eigenvalue weighted by Gasteiger charge is -2.25. The second-order valence-corrected chi connectivity index (χ2v) is 12.4. The van der Waals surface area contributed by atoms with E-state index in [0.29, 0.717) is 0 Å². The molecule has 3 heterocycles. The highest BCUT2D eigenvalue weighted by atomic mass is 16.3. The van der Waals surface area contributed by atoms with Crippen molar-refractivity contribution in [3.05, 3.63) is 176 Å². The molecule has 49 heavy (non-hydrogen) atoms. The number of anilines is 3. The van der Waals surface area contributed by atoms with Crippen LogP contribution in [0.4, 0.5) is 17.2 Å². The second kappa shape index (κ2) is 11.0. The summed E-state index contributed by atoms with van der Waals surface area (Å²) in [6.45, 7) is 0. The van der Waals surface area contributed by atoms with Crippen LogP contribution in [-0.2, 0) is 0 Å². The Labute approximate surface area is 282 Å². The molecule has 0 saturated heterocycles. The van der Waals surface area contributed by atoms with E-state index in [0.717, 1.165) is 66.7 Å². The third kappa shape index (κ3) is 4.35. The fraction of sp³-hybridized carbons (Fsp3) is 0. The molecule has 0 aliphatic rings. The second-order valence-electron chi connectivity index (χ2n) is 12.4. The van der Waals surface area contributed by atoms with Crippen molar-refractivity contribution in [1.82, 2.24) is 9.55 Å². The van der Waals surface area contributed by atoms with Gasteiger partial charge in [0, 0.05) is 50.2 Å². The van der Waals surface area contributed by atoms with Gasteiger partial charge < -0.3 is 8.98 Å². The molecule has 0 fully saturated rings. The number of benzene rings is 7. The molecule has 230 valence electrons. The van der Waals surface area contributed by atoms with Crippen molar-refractivity contribution in [3.63, 3.8) is 0 Å². The summed E-state index contributed by atoms with van der Waals surface area (Å²) >= 11 is 0. The maximum atomic E-state index is 6.83. The van der Waals surface area contributed by atoms with Gasteiger partial charge in [0.05, 0.1) is 11.0 Å². The molecule has 0 bridgehead atoms. The van der Waals surface area contributed by atoms with E-state index in [1.165, 1.54) is 21.9 Å². The zero-order valence-electron chi connectivity index (χ0n) is 26.5. The van der Waals surface area contributed by atoms with Gasteiger partial charge >= 0.3 is 0 Å². The van der Waals surface area contributed by atoms with Crippen LogP contribution < -0.4 is 4.90 Å². The number of pyridine rings is 1. The Bertz CT molecular complexity index is 2820. The van der Waals surface area contributed by atoms with Crippen molar-refractivity contribution in [3.8, 4) is 16.8 Å². The molecule has 0 spiro atoms. The number of hydrogen-bond acceptors (Lipinski definition) is 3. The Morgan fingerprint density at radius 1 is 0.449 bits per heavy atom. The highest BCUT2D eigenvalue weighted by molar-refractivity contribution is 6.17. The number of nitrogens with zero attached hydrogens (tertiary/aromatic N) is 3. The fourth-order valence-electron chi connectivity index (χ4n) is 7.36. The molecular weight excluding hydrogens is 599 g/mol. The van der Waals surface area contributed by atoms with Crippen molar-refractivity contribution in [2.24, 2.45) is 0 Å². The van der Waals surface area contributed by atoms with E-state index in [9.17, 15) is 0 Å². The molecule has 10 aromatic rings. The van der Waals surface area contributed by atoms with E-state index in [2.05, 4.69) is 173 Å². The third-order valence-corrected chi connectivity index (χ3v) is 9.63. The minimum absolute atomic E-state index is 0.747. The molecule has 4 nitrogen and oxygen atoms in total. The van der Waals surface area contributed by atoms with Crippen LogP contribution in [0.1, 0.15) is 0 Å². The molecule has 0 N–H and O–H groups in total. The summed E-state index contributed by atoms with van der Waals surface area (Å²) in [5.74, 6) is 0.747. The Balaban J connectivity index is 1.23. The lowest BCUT2D eigenvalue weighted by Crippen LogP contribution is -2.11. The summed E-state index contributed by atoms with van der Waals surface area (Å²) in [7, 11) is 0. The Kier molecular flexibility index (Phi) is 6.15. The van der Waals surface area contributed by atoms with Crippen LogP contribution >= 0.6 is 0 Å². The molecular formula is C45H29N3O. The van der Waals surface area contributed by atoms with Gasteiger partial charge in [0.15, 0.2) is 11.4 Å². The highest BCUT2D eigenvalue weighted by Crippen LogP contribution is 2.44. The van der Waals surface area contributed by atoms with Gasteiger partial charge in [0.1, 0.15) is 5.58 Å². The van der Waals surface area contributed by atoms with Crippen LogP contribution in [0.5, 0.6) is 0 Å². The molecule has 4 heteroatoms. The molecule has 0 unspecified atom stereocenters. The predicted molar refractivity (Wildman–Crippen MR) is 203 cm³/mol. The first kappa shape index (κ1) is 27.5. The summed E-state index contributed by atoms with van der Waals surface area (Å²) in [5.41, 5.74) is 9.43.